The molecule has 0 atom stereocenters. The first kappa shape index (κ1) is 24.8. The van der Waals surface area contributed by atoms with Crippen molar-refractivity contribution in [2.45, 2.75) is 0 Å². The molecule has 0 aliphatic carbocycles. The van der Waals surface area contributed by atoms with Crippen molar-refractivity contribution < 1.29 is 67.1 Å². The van der Waals surface area contributed by atoms with Gasteiger partial charge in [-0.15, -0.1) is 0 Å². The Labute approximate surface area is 163 Å². The van der Waals surface area contributed by atoms with E-state index in [4.69, 9.17) is 29.4 Å². The summed E-state index contributed by atoms with van der Waals surface area (Å²) in [6, 6.07) is 0. The monoisotopic (exact) mass is 466 g/mol. The maximum absolute atomic E-state index is 9.82. The van der Waals surface area contributed by atoms with E-state index in [0.29, 0.717) is 79.2 Å². The van der Waals surface area contributed by atoms with Gasteiger partial charge in [-0.2, -0.15) is 6.41 Å². The predicted octanol–water partition coefficient (Wildman–Crippen LogP) is -1.32. The minimum Gasteiger partial charge on any atom is -0.528 e. The molecule has 0 aliphatic heterocycles. The average molecular weight is 466 g/mol. The zero-order valence-corrected chi connectivity index (χ0v) is 15.0. The molecule has 1 amide bonds. The fourth-order valence-electron chi connectivity index (χ4n) is 1.24. The summed E-state index contributed by atoms with van der Waals surface area (Å²) in [5, 5.41) is 2.38. The van der Waals surface area contributed by atoms with Crippen LogP contribution in [0.2, 0.25) is 0 Å². The SMILES string of the molecule is NCCOCCOCCOCCOCCOCCN[C-]=O.[Tb]. The molecule has 0 heterocycles. The number of carbonyl (C=O) groups excluding carboxylic acids is 1. The first-order valence-corrected chi connectivity index (χ1v) is 7.10. The van der Waals surface area contributed by atoms with E-state index in [2.05, 4.69) is 5.32 Å². The van der Waals surface area contributed by atoms with E-state index in [-0.39, 0.29) is 38.6 Å². The predicted molar refractivity (Wildman–Crippen MR) is 76.8 cm³/mol. The van der Waals surface area contributed by atoms with E-state index in [1.807, 2.05) is 0 Å². The van der Waals surface area contributed by atoms with E-state index in [0.717, 1.165) is 0 Å². The number of nitrogens with one attached hydrogen (secondary N) is 1. The summed E-state index contributed by atoms with van der Waals surface area (Å²) >= 11 is 0. The van der Waals surface area contributed by atoms with Gasteiger partial charge < -0.3 is 39.5 Å². The van der Waals surface area contributed by atoms with Gasteiger partial charge in [0.05, 0.1) is 66.1 Å². The van der Waals surface area contributed by atoms with E-state index >= 15 is 0 Å². The number of nitrogens with two attached hydrogens (primary N) is 1. The Balaban J connectivity index is 0. The maximum atomic E-state index is 9.82. The molecule has 0 bridgehead atoms. The van der Waals surface area contributed by atoms with Crippen LogP contribution < -0.4 is 11.1 Å². The van der Waals surface area contributed by atoms with Gasteiger partial charge in [0.15, 0.2) is 0 Å². The molecule has 1 radical (unpaired) electrons. The summed E-state index contributed by atoms with van der Waals surface area (Å²) < 4.78 is 26.2. The van der Waals surface area contributed by atoms with Crippen LogP contribution in [-0.2, 0) is 28.5 Å². The second kappa shape index (κ2) is 23.8. The Bertz CT molecular complexity index is 215. The van der Waals surface area contributed by atoms with Crippen LogP contribution in [0.25, 0.3) is 0 Å². The Morgan fingerprint density at radius 2 is 1.05 bits per heavy atom. The van der Waals surface area contributed by atoms with Crippen LogP contribution in [0.5, 0.6) is 0 Å². The summed E-state index contributed by atoms with van der Waals surface area (Å²) in [4.78, 5) is 9.82. The van der Waals surface area contributed by atoms with Crippen molar-refractivity contribution >= 4 is 6.41 Å². The molecule has 0 spiro atoms. The van der Waals surface area contributed by atoms with Crippen molar-refractivity contribution in [3.8, 4) is 0 Å². The molecule has 0 aliphatic rings. The van der Waals surface area contributed by atoms with Crippen molar-refractivity contribution in [1.29, 1.82) is 0 Å². The Hall–Kier alpha value is 0.516. The minimum atomic E-state index is 0. The molecule has 3 N–H and O–H groups in total. The van der Waals surface area contributed by atoms with Crippen LogP contribution in [0.1, 0.15) is 0 Å². The molecule has 0 aromatic carbocycles. The fourth-order valence-corrected chi connectivity index (χ4v) is 1.24. The number of rotatable bonds is 18. The summed E-state index contributed by atoms with van der Waals surface area (Å²) in [7, 11) is 0. The zero-order valence-electron chi connectivity index (χ0n) is 12.8. The van der Waals surface area contributed by atoms with Crippen LogP contribution in [0, 0.1) is 38.6 Å². The summed E-state index contributed by atoms with van der Waals surface area (Å²) in [6.45, 7) is 6.23. The van der Waals surface area contributed by atoms with Crippen LogP contribution in [-0.4, -0.2) is 85.6 Å². The molecule has 0 saturated heterocycles. The maximum Gasteiger partial charge on any atom is 0.0701 e. The minimum absolute atomic E-state index is 0. The molecule has 0 aromatic heterocycles. The largest absolute Gasteiger partial charge is 0.528 e. The summed E-state index contributed by atoms with van der Waals surface area (Å²) in [5.74, 6) is 0. The standard InChI is InChI=1S/C13H27N2O6.Tb/c14-1-3-17-5-7-19-9-11-21-12-10-20-8-6-18-4-2-15-13-16;/h1-12,14H2,(H,15,16);/q-1;. The molecule has 0 saturated carbocycles. The number of hydrogen-bond acceptors (Lipinski definition) is 7. The molecular weight excluding hydrogens is 439 g/mol. The van der Waals surface area contributed by atoms with Crippen LogP contribution in [0.4, 0.5) is 0 Å². The van der Waals surface area contributed by atoms with Gasteiger partial charge in [-0.1, -0.05) is 0 Å². The van der Waals surface area contributed by atoms with E-state index in [1.165, 1.54) is 0 Å². The van der Waals surface area contributed by atoms with Crippen molar-refractivity contribution in [3.05, 3.63) is 0 Å². The Morgan fingerprint density at radius 3 is 1.41 bits per heavy atom. The van der Waals surface area contributed by atoms with Crippen molar-refractivity contribution in [1.82, 2.24) is 5.32 Å². The number of ether oxygens (including phenoxy) is 5. The molecule has 0 aromatic rings. The van der Waals surface area contributed by atoms with Gasteiger partial charge >= 0.3 is 0 Å². The molecule has 0 fully saturated rings. The fraction of sp³-hybridized carbons (Fsp3) is 0.923. The first-order valence-electron chi connectivity index (χ1n) is 7.10. The van der Waals surface area contributed by atoms with Gasteiger partial charge in [-0.05, 0) is 0 Å². The van der Waals surface area contributed by atoms with Gasteiger partial charge in [-0.25, -0.2) is 0 Å². The third-order valence-electron chi connectivity index (χ3n) is 2.19. The van der Waals surface area contributed by atoms with Crippen molar-refractivity contribution in [2.24, 2.45) is 5.73 Å². The van der Waals surface area contributed by atoms with E-state index in [9.17, 15) is 4.79 Å². The van der Waals surface area contributed by atoms with Crippen LogP contribution in [0.3, 0.4) is 0 Å². The van der Waals surface area contributed by atoms with Gasteiger partial charge in [0.1, 0.15) is 0 Å². The molecule has 22 heavy (non-hydrogen) atoms. The van der Waals surface area contributed by atoms with E-state index < -0.39 is 0 Å². The average Bonchev–Trinajstić information content (AvgIpc) is 2.50. The first-order chi connectivity index (χ1) is 10.4. The van der Waals surface area contributed by atoms with Gasteiger partial charge in [-0.3, -0.25) is 0 Å². The van der Waals surface area contributed by atoms with Crippen LogP contribution in [0.15, 0.2) is 0 Å². The normalized spacial score (nSPS) is 10.2. The van der Waals surface area contributed by atoms with Gasteiger partial charge in [0.25, 0.3) is 0 Å². The van der Waals surface area contributed by atoms with Gasteiger partial charge in [0.2, 0.25) is 0 Å². The molecule has 0 unspecified atom stereocenters. The molecule has 135 valence electrons. The third kappa shape index (κ3) is 22.8. The molecule has 0 rings (SSSR count). The van der Waals surface area contributed by atoms with Crippen molar-refractivity contribution in [3.63, 3.8) is 0 Å². The summed E-state index contributed by atoms with van der Waals surface area (Å²) in [6.07, 6.45) is 1.57. The molecular formula is C13H27N2O6Tb-. The smallest absolute Gasteiger partial charge is 0.0701 e. The number of amides is 1. The zero-order chi connectivity index (χ0) is 15.4. The van der Waals surface area contributed by atoms with E-state index in [1.54, 1.807) is 6.41 Å². The van der Waals surface area contributed by atoms with Crippen LogP contribution >= 0.6 is 0 Å². The molecule has 9 heteroatoms. The van der Waals surface area contributed by atoms with Gasteiger partial charge in [0, 0.05) is 51.7 Å². The Kier molecular flexibility index (Phi) is 26.8. The Morgan fingerprint density at radius 1 is 0.682 bits per heavy atom. The third-order valence-corrected chi connectivity index (χ3v) is 2.19. The molecule has 8 nitrogen and oxygen atoms in total. The quantitative estimate of drug-likeness (QED) is 0.147. The summed E-state index contributed by atoms with van der Waals surface area (Å²) in [5.41, 5.74) is 5.27. The topological polar surface area (TPSA) is 101 Å². The number of hydrogen-bond donors (Lipinski definition) is 2. The van der Waals surface area contributed by atoms with Crippen molar-refractivity contribution in [2.75, 3.05) is 79.2 Å². The second-order valence-electron chi connectivity index (χ2n) is 3.88. The second-order valence-corrected chi connectivity index (χ2v) is 3.88.